The lowest BCUT2D eigenvalue weighted by molar-refractivity contribution is -0.137. The van der Waals surface area contributed by atoms with Gasteiger partial charge in [0.25, 0.3) is 0 Å². The molecule has 1 heterocycles. The smallest absolute Gasteiger partial charge is 0.416 e. The zero-order valence-electron chi connectivity index (χ0n) is 23.1. The molecule has 0 saturated heterocycles. The molecular weight excluding hydrogens is 611 g/mol. The van der Waals surface area contributed by atoms with E-state index in [9.17, 15) is 26.4 Å². The molecule has 0 spiro atoms. The van der Waals surface area contributed by atoms with Crippen LogP contribution in [0.4, 0.5) is 18.9 Å². The van der Waals surface area contributed by atoms with Gasteiger partial charge >= 0.3 is 6.18 Å². The molecule has 1 amide bonds. The number of benzene rings is 2. The normalized spacial score (nSPS) is 15.0. The second-order valence-corrected chi connectivity index (χ2v) is 11.8. The Bertz CT molecular complexity index is 1540. The fourth-order valence-corrected chi connectivity index (χ4v) is 5.04. The van der Waals surface area contributed by atoms with Gasteiger partial charge in [-0.25, -0.2) is 8.42 Å². The molecule has 0 atom stereocenters. The van der Waals surface area contributed by atoms with Crippen molar-refractivity contribution in [3.05, 3.63) is 88.9 Å². The number of hydrogen-bond acceptors (Lipinski definition) is 9. The van der Waals surface area contributed by atoms with E-state index in [4.69, 9.17) is 26.8 Å². The van der Waals surface area contributed by atoms with E-state index in [0.717, 1.165) is 12.1 Å². The molecule has 0 bridgehead atoms. The second-order valence-electron chi connectivity index (χ2n) is 9.12. The topological polar surface area (TPSA) is 144 Å². The number of sulfone groups is 1. The van der Waals surface area contributed by atoms with Gasteiger partial charge in [0.1, 0.15) is 23.2 Å². The third-order valence-corrected chi connectivity index (χ3v) is 7.86. The zero-order chi connectivity index (χ0) is 31.6. The monoisotopic (exact) mass is 641 g/mol. The summed E-state index contributed by atoms with van der Waals surface area (Å²) in [7, 11) is -1.99. The summed E-state index contributed by atoms with van der Waals surface area (Å²) in [6, 6.07) is 8.95. The number of hydrogen-bond donors (Lipinski definition) is 4. The molecule has 10 nitrogen and oxygen atoms in total. The van der Waals surface area contributed by atoms with Crippen molar-refractivity contribution in [1.29, 1.82) is 0 Å². The Morgan fingerprint density at radius 3 is 2.65 bits per heavy atom. The number of nitrogens with two attached hydrogens (primary N) is 1. The van der Waals surface area contributed by atoms with Crippen LogP contribution in [0.2, 0.25) is 5.02 Å². The number of nitrogens with one attached hydrogen (secondary N) is 3. The minimum atomic E-state index is -4.53. The van der Waals surface area contributed by atoms with E-state index in [2.05, 4.69) is 27.5 Å². The summed E-state index contributed by atoms with van der Waals surface area (Å²) in [5.74, 6) is -0.359. The van der Waals surface area contributed by atoms with E-state index >= 15 is 0 Å². The minimum absolute atomic E-state index is 0.0421. The Labute approximate surface area is 252 Å². The van der Waals surface area contributed by atoms with E-state index in [0.29, 0.717) is 22.7 Å². The van der Waals surface area contributed by atoms with Crippen molar-refractivity contribution in [2.45, 2.75) is 12.6 Å². The SMILES string of the molecule is C=CNC(Nc1ccc(Oc2cccc(C(F)(F)F)c2)c(Cl)c1)=C1C=C(C(=O)NCCS(=O)(=O)CCOC)CCN=C1N. The number of carbonyl (C=O) groups is 1. The molecule has 232 valence electrons. The fourth-order valence-electron chi connectivity index (χ4n) is 3.78. The molecule has 5 N–H and O–H groups in total. The largest absolute Gasteiger partial charge is 0.456 e. The highest BCUT2D eigenvalue weighted by atomic mass is 35.5. The maximum atomic E-state index is 13.1. The molecule has 1 aliphatic heterocycles. The Morgan fingerprint density at radius 1 is 1.21 bits per heavy atom. The Kier molecular flexibility index (Phi) is 11.6. The number of aliphatic imine (C=N–C) groups is 1. The van der Waals surface area contributed by atoms with E-state index in [-0.39, 0.29) is 60.0 Å². The lowest BCUT2D eigenvalue weighted by Gasteiger charge is -2.17. The highest BCUT2D eigenvalue weighted by molar-refractivity contribution is 7.91. The van der Waals surface area contributed by atoms with E-state index in [1.165, 1.54) is 43.7 Å². The third-order valence-electron chi connectivity index (χ3n) is 5.95. The first kappa shape index (κ1) is 33.5. The predicted octanol–water partition coefficient (Wildman–Crippen LogP) is 4.37. The second kappa shape index (κ2) is 14.9. The van der Waals surface area contributed by atoms with Crippen LogP contribution in [0.25, 0.3) is 0 Å². The van der Waals surface area contributed by atoms with Gasteiger partial charge in [-0.3, -0.25) is 9.79 Å². The van der Waals surface area contributed by atoms with Crippen LogP contribution < -0.4 is 26.4 Å². The van der Waals surface area contributed by atoms with Crippen LogP contribution in [0.1, 0.15) is 12.0 Å². The van der Waals surface area contributed by atoms with Crippen LogP contribution in [0, 0.1) is 0 Å². The highest BCUT2D eigenvalue weighted by Crippen LogP contribution is 2.35. The number of amides is 1. The predicted molar refractivity (Wildman–Crippen MR) is 160 cm³/mol. The average molecular weight is 642 g/mol. The van der Waals surface area contributed by atoms with Crippen LogP contribution in [0.3, 0.4) is 0 Å². The number of nitrogens with zero attached hydrogens (tertiary/aromatic N) is 1. The molecule has 43 heavy (non-hydrogen) atoms. The summed E-state index contributed by atoms with van der Waals surface area (Å²) in [5, 5.41) is 8.73. The molecule has 0 aromatic heterocycles. The number of alkyl halides is 3. The molecule has 0 unspecified atom stereocenters. The highest BCUT2D eigenvalue weighted by Gasteiger charge is 2.30. The van der Waals surface area contributed by atoms with Gasteiger partial charge in [-0.2, -0.15) is 13.2 Å². The molecule has 0 aliphatic carbocycles. The standard InChI is InChI=1S/C28H31ClF3N5O5S/c1-3-34-26(22-15-18(9-10-35-25(22)33)27(38)36-11-13-43(39,40)14-12-41-2)37-20-7-8-24(23(29)17-20)42-21-6-4-5-19(16-21)28(30,31)32/h3-8,15-17,34,37H,1,9-14H2,2H3,(H2,33,35)(H,36,38). The number of halogens is 4. The summed E-state index contributed by atoms with van der Waals surface area (Å²) >= 11 is 6.38. The van der Waals surface area contributed by atoms with Crippen LogP contribution in [0.5, 0.6) is 11.5 Å². The van der Waals surface area contributed by atoms with Crippen molar-refractivity contribution in [2.75, 3.05) is 43.6 Å². The van der Waals surface area contributed by atoms with Crippen LogP contribution in [0.15, 0.2) is 83.3 Å². The molecular formula is C28H31ClF3N5O5S. The lowest BCUT2D eigenvalue weighted by atomic mass is 10.1. The lowest BCUT2D eigenvalue weighted by Crippen LogP contribution is -2.31. The van der Waals surface area contributed by atoms with Gasteiger partial charge in [0.05, 0.1) is 34.3 Å². The molecule has 0 saturated carbocycles. The van der Waals surface area contributed by atoms with E-state index in [1.807, 2.05) is 0 Å². The molecule has 3 rings (SSSR count). The average Bonchev–Trinajstić information content (AvgIpc) is 3.14. The molecule has 0 radical (unpaired) electrons. The first-order valence-electron chi connectivity index (χ1n) is 12.8. The zero-order valence-corrected chi connectivity index (χ0v) is 24.7. The number of ether oxygens (including phenoxy) is 2. The Hall–Kier alpha value is -4.01. The van der Waals surface area contributed by atoms with E-state index < -0.39 is 27.5 Å². The first-order chi connectivity index (χ1) is 20.3. The summed E-state index contributed by atoms with van der Waals surface area (Å²) < 4.78 is 73.6. The summed E-state index contributed by atoms with van der Waals surface area (Å²) in [6.45, 7) is 3.87. The van der Waals surface area contributed by atoms with Gasteiger partial charge in [0.2, 0.25) is 5.91 Å². The minimum Gasteiger partial charge on any atom is -0.456 e. The van der Waals surface area contributed by atoms with Crippen LogP contribution in [-0.4, -0.2) is 58.5 Å². The summed E-state index contributed by atoms with van der Waals surface area (Å²) in [5.41, 5.74) is 6.43. The number of rotatable bonds is 13. The van der Waals surface area contributed by atoms with Crippen molar-refractivity contribution >= 4 is 38.9 Å². The summed E-state index contributed by atoms with van der Waals surface area (Å²) in [6.07, 6.45) is -1.37. The Balaban J connectivity index is 1.81. The van der Waals surface area contributed by atoms with Gasteiger partial charge in [-0.15, -0.1) is 0 Å². The van der Waals surface area contributed by atoms with Gasteiger partial charge in [0, 0.05) is 31.5 Å². The molecule has 2 aromatic carbocycles. The number of anilines is 1. The number of amidine groups is 1. The first-order valence-corrected chi connectivity index (χ1v) is 15.0. The van der Waals surface area contributed by atoms with Crippen molar-refractivity contribution in [1.82, 2.24) is 10.6 Å². The van der Waals surface area contributed by atoms with E-state index in [1.54, 1.807) is 6.07 Å². The van der Waals surface area contributed by atoms with Crippen LogP contribution in [-0.2, 0) is 25.5 Å². The molecule has 1 aliphatic rings. The van der Waals surface area contributed by atoms with Gasteiger partial charge in [-0.1, -0.05) is 24.2 Å². The molecule has 2 aromatic rings. The van der Waals surface area contributed by atoms with Crippen molar-refractivity contribution < 1.29 is 35.9 Å². The summed E-state index contributed by atoms with van der Waals surface area (Å²) in [4.78, 5) is 17.2. The molecule has 0 fully saturated rings. The van der Waals surface area contributed by atoms with Crippen molar-refractivity contribution in [3.8, 4) is 11.5 Å². The molecule has 15 heteroatoms. The van der Waals surface area contributed by atoms with Crippen LogP contribution >= 0.6 is 11.6 Å². The number of carbonyl (C=O) groups excluding carboxylic acids is 1. The Morgan fingerprint density at radius 2 is 1.98 bits per heavy atom. The van der Waals surface area contributed by atoms with Crippen molar-refractivity contribution in [2.24, 2.45) is 10.7 Å². The van der Waals surface area contributed by atoms with Gasteiger partial charge in [-0.05, 0) is 55.1 Å². The quantitative estimate of drug-likeness (QED) is 0.252. The maximum Gasteiger partial charge on any atom is 0.416 e. The third kappa shape index (κ3) is 10.0. The van der Waals surface area contributed by atoms with Crippen molar-refractivity contribution in [3.63, 3.8) is 0 Å². The van der Waals surface area contributed by atoms with Gasteiger partial charge < -0.3 is 31.2 Å². The number of methoxy groups -OCH3 is 1. The fraction of sp³-hybridized carbons (Fsp3) is 0.286. The maximum absolute atomic E-state index is 13.1. The van der Waals surface area contributed by atoms with Gasteiger partial charge in [0.15, 0.2) is 9.84 Å².